The van der Waals surface area contributed by atoms with Gasteiger partial charge in [-0.25, -0.2) is 13.6 Å². The van der Waals surface area contributed by atoms with Crippen LogP contribution in [-0.2, 0) is 38.6 Å². The average molecular weight is 680 g/mol. The van der Waals surface area contributed by atoms with Crippen LogP contribution in [-0.4, -0.2) is 66.6 Å². The zero-order chi connectivity index (χ0) is 32.7. The second-order valence-corrected chi connectivity index (χ2v) is 14.1. The van der Waals surface area contributed by atoms with E-state index in [9.17, 15) is 25.3 Å². The van der Waals surface area contributed by atoms with Crippen molar-refractivity contribution in [3.05, 3.63) is 83.9 Å². The van der Waals surface area contributed by atoms with Gasteiger partial charge in [0.25, 0.3) is 20.2 Å². The molecule has 4 rings (SSSR count). The number of benzene rings is 3. The maximum atomic E-state index is 12.4. The summed E-state index contributed by atoms with van der Waals surface area (Å²) in [4.78, 5) is 12.1. The molecule has 0 atom stereocenters. The monoisotopic (exact) mass is 679 g/mol. The number of nitrogens with one attached hydrogen (secondary N) is 1. The van der Waals surface area contributed by atoms with Crippen molar-refractivity contribution >= 4 is 41.9 Å². The first kappa shape index (κ1) is 33.7. The van der Waals surface area contributed by atoms with Crippen LogP contribution in [0, 0.1) is 13.8 Å². The molecule has 0 amide bonds. The third kappa shape index (κ3) is 9.90. The van der Waals surface area contributed by atoms with E-state index < -0.39 is 30.3 Å². The molecular weight excluding hydrogens is 651 g/mol. The third-order valence-electron chi connectivity index (χ3n) is 5.76. The zero-order valence-electron chi connectivity index (χ0n) is 24.0. The summed E-state index contributed by atoms with van der Waals surface area (Å²) in [5.74, 6) is -0.0975. The van der Waals surface area contributed by atoms with E-state index in [1.807, 2.05) is 13.8 Å². The number of nitrogens with two attached hydrogens (primary N) is 1. The Morgan fingerprint density at radius 3 is 1.38 bits per heavy atom. The minimum Gasteiger partial charge on any atom is -0.461 e. The molecule has 0 aliphatic carbocycles. The highest BCUT2D eigenvalue weighted by Crippen LogP contribution is 2.20. The van der Waals surface area contributed by atoms with E-state index in [1.165, 1.54) is 48.5 Å². The van der Waals surface area contributed by atoms with Crippen LogP contribution in [0.2, 0.25) is 0 Å². The number of anilines is 2. The number of sulfonamides is 1. The maximum absolute atomic E-state index is 12.4. The number of nitrogens with zero attached hydrogens (tertiary/aromatic N) is 3. The number of hydrogen-bond donors (Lipinski definition) is 2. The highest BCUT2D eigenvalue weighted by atomic mass is 32.2. The smallest absolute Gasteiger partial charge is 0.324 e. The first-order valence-corrected chi connectivity index (χ1v) is 17.4. The van der Waals surface area contributed by atoms with Gasteiger partial charge in [0.05, 0.1) is 14.7 Å². The van der Waals surface area contributed by atoms with Crippen molar-refractivity contribution in [3.63, 3.8) is 0 Å². The summed E-state index contributed by atoms with van der Waals surface area (Å²) in [5.41, 5.74) is 2.13. The van der Waals surface area contributed by atoms with Crippen molar-refractivity contribution in [3.8, 4) is 12.0 Å². The Kier molecular flexibility index (Phi) is 10.7. The molecule has 18 heteroatoms. The first-order chi connectivity index (χ1) is 21.2. The van der Waals surface area contributed by atoms with Crippen LogP contribution in [0.3, 0.4) is 0 Å². The van der Waals surface area contributed by atoms with Crippen molar-refractivity contribution in [1.82, 2.24) is 15.0 Å². The van der Waals surface area contributed by atoms with E-state index in [4.69, 9.17) is 23.0 Å². The van der Waals surface area contributed by atoms with Gasteiger partial charge in [0, 0.05) is 5.69 Å². The van der Waals surface area contributed by atoms with Gasteiger partial charge < -0.3 is 14.8 Å². The number of aromatic nitrogens is 3. The van der Waals surface area contributed by atoms with Crippen LogP contribution < -0.4 is 19.9 Å². The fourth-order valence-corrected chi connectivity index (χ4v) is 5.78. The summed E-state index contributed by atoms with van der Waals surface area (Å²) in [5, 5.41) is 7.97. The Balaban J connectivity index is 1.43. The van der Waals surface area contributed by atoms with Gasteiger partial charge in [-0.1, -0.05) is 35.4 Å². The molecule has 45 heavy (non-hydrogen) atoms. The van der Waals surface area contributed by atoms with Gasteiger partial charge in [0.15, 0.2) is 0 Å². The SMILES string of the molecule is Cc1ccc(S(=O)(=O)OCCOc2nc(Nc3ccc(S(N)(=O)=O)cc3)nc(OCCOS(=O)(=O)c3ccc(C)cc3)n2)cc1. The molecule has 0 bridgehead atoms. The van der Waals surface area contributed by atoms with Crippen LogP contribution in [0.1, 0.15) is 11.1 Å². The van der Waals surface area contributed by atoms with Crippen molar-refractivity contribution in [2.75, 3.05) is 31.7 Å². The summed E-state index contributed by atoms with van der Waals surface area (Å²) in [6.45, 7) is 2.33. The van der Waals surface area contributed by atoms with Gasteiger partial charge in [-0.3, -0.25) is 8.37 Å². The van der Waals surface area contributed by atoms with Gasteiger partial charge in [-0.05, 0) is 62.4 Å². The largest absolute Gasteiger partial charge is 0.461 e. The molecule has 0 spiro atoms. The number of primary sulfonamides is 1. The Morgan fingerprint density at radius 2 is 0.978 bits per heavy atom. The van der Waals surface area contributed by atoms with Crippen LogP contribution in [0.4, 0.5) is 11.6 Å². The Labute approximate surface area is 260 Å². The number of ether oxygens (including phenoxy) is 2. The van der Waals surface area contributed by atoms with Gasteiger partial charge in [-0.2, -0.15) is 26.8 Å². The summed E-state index contributed by atoms with van der Waals surface area (Å²) in [6, 6.07) is 17.0. The zero-order valence-corrected chi connectivity index (χ0v) is 26.4. The fraction of sp³-hybridized carbons (Fsp3) is 0.222. The van der Waals surface area contributed by atoms with Crippen LogP contribution in [0.15, 0.2) is 87.5 Å². The lowest BCUT2D eigenvalue weighted by atomic mass is 10.2. The van der Waals surface area contributed by atoms with Crippen LogP contribution >= 0.6 is 0 Å². The fourth-order valence-electron chi connectivity index (χ4n) is 3.48. The van der Waals surface area contributed by atoms with E-state index in [-0.39, 0.29) is 59.1 Å². The first-order valence-electron chi connectivity index (χ1n) is 13.1. The Bertz CT molecular complexity index is 1840. The molecule has 0 fully saturated rings. The standard InChI is InChI=1S/C27H29N5O10S3/c1-19-3-9-23(10-4-19)44(35,36)41-17-15-39-26-30-25(29-21-7-13-22(14-8-21)43(28,33)34)31-27(32-26)40-16-18-42-45(37,38)24-11-5-20(2)6-12-24/h3-14H,15-18H2,1-2H3,(H2,28,33,34)(H,29,30,31,32). The van der Waals surface area contributed by atoms with E-state index in [0.29, 0.717) is 5.69 Å². The van der Waals surface area contributed by atoms with E-state index in [2.05, 4.69) is 20.3 Å². The van der Waals surface area contributed by atoms with E-state index >= 15 is 0 Å². The molecule has 240 valence electrons. The summed E-state index contributed by atoms with van der Waals surface area (Å²) >= 11 is 0. The summed E-state index contributed by atoms with van der Waals surface area (Å²) in [6.07, 6.45) is 0. The summed E-state index contributed by atoms with van der Waals surface area (Å²) < 4.78 is 93.8. The van der Waals surface area contributed by atoms with Crippen LogP contribution in [0.25, 0.3) is 0 Å². The van der Waals surface area contributed by atoms with Gasteiger partial charge in [0.1, 0.15) is 26.4 Å². The molecule has 3 N–H and O–H groups in total. The number of rotatable bonds is 15. The average Bonchev–Trinajstić information content (AvgIpc) is 2.98. The molecule has 0 saturated heterocycles. The third-order valence-corrected chi connectivity index (χ3v) is 9.34. The number of aryl methyl sites for hydroxylation is 2. The minimum absolute atomic E-state index is 0.0181. The van der Waals surface area contributed by atoms with Crippen molar-refractivity contribution in [2.24, 2.45) is 5.14 Å². The van der Waals surface area contributed by atoms with E-state index in [0.717, 1.165) is 11.1 Å². The molecule has 4 aromatic rings. The molecule has 1 aromatic heterocycles. The highest BCUT2D eigenvalue weighted by Gasteiger charge is 2.17. The molecule has 0 unspecified atom stereocenters. The van der Waals surface area contributed by atoms with Crippen molar-refractivity contribution in [2.45, 2.75) is 28.5 Å². The molecule has 0 saturated carbocycles. The maximum Gasteiger partial charge on any atom is 0.324 e. The molecule has 0 aliphatic rings. The highest BCUT2D eigenvalue weighted by molar-refractivity contribution is 7.89. The topological polar surface area (TPSA) is 216 Å². The molecule has 15 nitrogen and oxygen atoms in total. The quantitative estimate of drug-likeness (QED) is 0.136. The van der Waals surface area contributed by atoms with Crippen molar-refractivity contribution in [1.29, 1.82) is 0 Å². The predicted octanol–water partition coefficient (Wildman–Crippen LogP) is 2.45. The predicted molar refractivity (Wildman–Crippen MR) is 161 cm³/mol. The summed E-state index contributed by atoms with van der Waals surface area (Å²) in [7, 11) is -12.0. The molecule has 3 aromatic carbocycles. The van der Waals surface area contributed by atoms with Gasteiger partial charge in [0.2, 0.25) is 16.0 Å². The lowest BCUT2D eigenvalue weighted by molar-refractivity contribution is 0.194. The lowest BCUT2D eigenvalue weighted by Gasteiger charge is -2.11. The molecule has 0 aliphatic heterocycles. The van der Waals surface area contributed by atoms with Gasteiger partial charge >= 0.3 is 12.0 Å². The Morgan fingerprint density at radius 1 is 0.578 bits per heavy atom. The van der Waals surface area contributed by atoms with Crippen LogP contribution in [0.5, 0.6) is 12.0 Å². The molecular formula is C27H29N5O10S3. The second-order valence-electron chi connectivity index (χ2n) is 9.29. The van der Waals surface area contributed by atoms with Crippen molar-refractivity contribution < 1.29 is 43.1 Å². The molecule has 0 radical (unpaired) electrons. The normalized spacial score (nSPS) is 12.1. The Hall–Kier alpha value is -4.20. The second kappa shape index (κ2) is 14.3. The van der Waals surface area contributed by atoms with E-state index in [1.54, 1.807) is 24.3 Å². The van der Waals surface area contributed by atoms with Gasteiger partial charge in [-0.15, -0.1) is 4.98 Å². The number of hydrogen-bond acceptors (Lipinski definition) is 14. The molecule has 1 heterocycles. The lowest BCUT2D eigenvalue weighted by Crippen LogP contribution is -2.16. The minimum atomic E-state index is -4.04.